The third-order valence-corrected chi connectivity index (χ3v) is 7.53. The molecular weight excluding hydrogens is 609 g/mol. The SMILES string of the molecule is CN(C1CC1)C(c1cccc(C#N)c1)N(C(=O)c1cc(C(F)(F)F)nn1-c1cccc(CNC(=O)OC(C)(C)C)c1)c1ccccc1. The summed E-state index contributed by atoms with van der Waals surface area (Å²) in [5.74, 6) is -0.726. The Morgan fingerprint density at radius 3 is 2.36 bits per heavy atom. The van der Waals surface area contributed by atoms with Crippen LogP contribution in [-0.2, 0) is 17.5 Å². The summed E-state index contributed by atoms with van der Waals surface area (Å²) in [5.41, 5.74) is -0.0422. The summed E-state index contributed by atoms with van der Waals surface area (Å²) < 4.78 is 48.7. The van der Waals surface area contributed by atoms with Crippen LogP contribution in [0.5, 0.6) is 0 Å². The first-order valence-corrected chi connectivity index (χ1v) is 15.1. The summed E-state index contributed by atoms with van der Waals surface area (Å²) in [6, 6.07) is 25.0. The number of alkyl halides is 3. The fraction of sp³-hybridized carbons (Fsp3) is 0.314. The minimum atomic E-state index is -4.83. The van der Waals surface area contributed by atoms with E-state index in [1.54, 1.807) is 93.6 Å². The van der Waals surface area contributed by atoms with Crippen LogP contribution in [0.2, 0.25) is 0 Å². The molecule has 1 aromatic heterocycles. The number of carbonyl (C=O) groups is 2. The highest BCUT2D eigenvalue weighted by Gasteiger charge is 2.41. The highest BCUT2D eigenvalue weighted by Crippen LogP contribution is 2.39. The number of hydrogen-bond acceptors (Lipinski definition) is 6. The van der Waals surface area contributed by atoms with Gasteiger partial charge in [-0.2, -0.15) is 23.5 Å². The van der Waals surface area contributed by atoms with Gasteiger partial charge in [-0.3, -0.25) is 14.6 Å². The molecule has 0 bridgehead atoms. The number of amides is 2. The maximum Gasteiger partial charge on any atom is 0.435 e. The van der Waals surface area contributed by atoms with Gasteiger partial charge in [-0.15, -0.1) is 0 Å². The average molecular weight is 645 g/mol. The molecule has 1 unspecified atom stereocenters. The Hall–Kier alpha value is -5.15. The van der Waals surface area contributed by atoms with Gasteiger partial charge in [-0.1, -0.05) is 42.5 Å². The summed E-state index contributed by atoms with van der Waals surface area (Å²) in [6.45, 7) is 5.22. The second kappa shape index (κ2) is 13.3. The minimum absolute atomic E-state index is 0.0268. The molecule has 1 N–H and O–H groups in total. The molecular formula is C35H35F3N6O3. The molecule has 0 spiro atoms. The Morgan fingerprint density at radius 2 is 1.72 bits per heavy atom. The zero-order chi connectivity index (χ0) is 33.9. The molecule has 1 atom stereocenters. The van der Waals surface area contributed by atoms with Crippen LogP contribution in [0.25, 0.3) is 5.69 Å². The predicted molar refractivity (Wildman–Crippen MR) is 170 cm³/mol. The van der Waals surface area contributed by atoms with Crippen molar-refractivity contribution in [1.29, 1.82) is 5.26 Å². The third kappa shape index (κ3) is 7.99. The van der Waals surface area contributed by atoms with E-state index in [-0.39, 0.29) is 24.0 Å². The van der Waals surface area contributed by atoms with Crippen LogP contribution in [0.15, 0.2) is 84.9 Å². The number of nitrogens with one attached hydrogen (secondary N) is 1. The number of aromatic nitrogens is 2. The topological polar surface area (TPSA) is 103 Å². The number of nitrogens with zero attached hydrogens (tertiary/aromatic N) is 5. The van der Waals surface area contributed by atoms with E-state index in [9.17, 15) is 28.0 Å². The lowest BCUT2D eigenvalue weighted by molar-refractivity contribution is -0.141. The van der Waals surface area contributed by atoms with Gasteiger partial charge >= 0.3 is 12.3 Å². The maximum atomic E-state index is 14.8. The van der Waals surface area contributed by atoms with E-state index >= 15 is 0 Å². The molecule has 1 aliphatic carbocycles. The number of anilines is 1. The second-order valence-corrected chi connectivity index (χ2v) is 12.4. The van der Waals surface area contributed by atoms with E-state index in [0.717, 1.165) is 23.6 Å². The number of benzene rings is 3. The van der Waals surface area contributed by atoms with Crippen LogP contribution in [-0.4, -0.2) is 45.4 Å². The van der Waals surface area contributed by atoms with E-state index in [0.29, 0.717) is 22.4 Å². The van der Waals surface area contributed by atoms with Gasteiger partial charge in [-0.25, -0.2) is 9.48 Å². The number of hydrogen-bond donors (Lipinski definition) is 1. The molecule has 4 aromatic rings. The summed E-state index contributed by atoms with van der Waals surface area (Å²) in [7, 11) is 1.87. The molecule has 0 aliphatic heterocycles. The third-order valence-electron chi connectivity index (χ3n) is 7.53. The van der Waals surface area contributed by atoms with Crippen LogP contribution in [0, 0.1) is 11.3 Å². The van der Waals surface area contributed by atoms with Crippen molar-refractivity contribution in [3.8, 4) is 11.8 Å². The van der Waals surface area contributed by atoms with Gasteiger partial charge in [0.2, 0.25) is 0 Å². The Morgan fingerprint density at radius 1 is 1.02 bits per heavy atom. The van der Waals surface area contributed by atoms with Crippen molar-refractivity contribution in [1.82, 2.24) is 20.0 Å². The zero-order valence-corrected chi connectivity index (χ0v) is 26.5. The number of halogens is 3. The molecule has 0 saturated heterocycles. The maximum absolute atomic E-state index is 14.8. The van der Waals surface area contributed by atoms with E-state index in [1.807, 2.05) is 11.9 Å². The summed E-state index contributed by atoms with van der Waals surface area (Å²) in [4.78, 5) is 30.5. The normalized spacial score (nSPS) is 13.9. The summed E-state index contributed by atoms with van der Waals surface area (Å²) in [6.07, 6.45) is -4.46. The van der Waals surface area contributed by atoms with Crippen molar-refractivity contribution < 1.29 is 27.5 Å². The van der Waals surface area contributed by atoms with Crippen molar-refractivity contribution in [2.24, 2.45) is 0 Å². The fourth-order valence-electron chi connectivity index (χ4n) is 5.25. The predicted octanol–water partition coefficient (Wildman–Crippen LogP) is 7.23. The summed E-state index contributed by atoms with van der Waals surface area (Å²) >= 11 is 0. The molecule has 1 saturated carbocycles. The molecule has 12 heteroatoms. The Balaban J connectivity index is 1.61. The first-order valence-electron chi connectivity index (χ1n) is 15.1. The van der Waals surface area contributed by atoms with Gasteiger partial charge < -0.3 is 10.1 Å². The molecule has 5 rings (SSSR count). The van der Waals surface area contributed by atoms with Crippen molar-refractivity contribution in [3.05, 3.63) is 113 Å². The molecule has 0 radical (unpaired) electrons. The lowest BCUT2D eigenvalue weighted by atomic mass is 10.1. The molecule has 9 nitrogen and oxygen atoms in total. The van der Waals surface area contributed by atoms with Crippen molar-refractivity contribution in [2.45, 2.75) is 64.1 Å². The minimum Gasteiger partial charge on any atom is -0.444 e. The fourth-order valence-corrected chi connectivity index (χ4v) is 5.25. The molecule has 1 heterocycles. The van der Waals surface area contributed by atoms with Gasteiger partial charge in [0.1, 0.15) is 17.5 Å². The van der Waals surface area contributed by atoms with E-state index in [4.69, 9.17) is 4.74 Å². The molecule has 2 amide bonds. The second-order valence-electron chi connectivity index (χ2n) is 12.4. The summed E-state index contributed by atoms with van der Waals surface area (Å²) in [5, 5.41) is 16.1. The van der Waals surface area contributed by atoms with Crippen molar-refractivity contribution >= 4 is 17.7 Å². The van der Waals surface area contributed by atoms with Gasteiger partial charge in [0.05, 0.1) is 17.3 Å². The number of rotatable bonds is 9. The monoisotopic (exact) mass is 644 g/mol. The van der Waals surface area contributed by atoms with Gasteiger partial charge in [0.25, 0.3) is 5.91 Å². The van der Waals surface area contributed by atoms with Crippen LogP contribution >= 0.6 is 0 Å². The molecule has 3 aromatic carbocycles. The van der Waals surface area contributed by atoms with E-state index in [1.165, 1.54) is 11.0 Å². The number of para-hydroxylation sites is 1. The number of alkyl carbamates (subject to hydrolysis) is 1. The largest absolute Gasteiger partial charge is 0.444 e. The smallest absolute Gasteiger partial charge is 0.435 e. The lowest BCUT2D eigenvalue weighted by Gasteiger charge is -2.38. The van der Waals surface area contributed by atoms with Crippen LogP contribution in [0.4, 0.5) is 23.7 Å². The van der Waals surface area contributed by atoms with E-state index in [2.05, 4.69) is 16.5 Å². The average Bonchev–Trinajstić information content (AvgIpc) is 3.78. The van der Waals surface area contributed by atoms with Gasteiger partial charge in [0, 0.05) is 24.3 Å². The molecule has 1 aliphatic rings. The molecule has 244 valence electrons. The van der Waals surface area contributed by atoms with Crippen molar-refractivity contribution in [3.63, 3.8) is 0 Å². The highest BCUT2D eigenvalue weighted by molar-refractivity contribution is 6.06. The molecule has 1 fully saturated rings. The van der Waals surface area contributed by atoms with Crippen molar-refractivity contribution in [2.75, 3.05) is 11.9 Å². The highest BCUT2D eigenvalue weighted by atomic mass is 19.4. The first kappa shape index (κ1) is 33.2. The van der Waals surface area contributed by atoms with E-state index < -0.39 is 35.6 Å². The van der Waals surface area contributed by atoms with Crippen LogP contribution < -0.4 is 10.2 Å². The van der Waals surface area contributed by atoms with Gasteiger partial charge in [0.15, 0.2) is 5.69 Å². The number of nitriles is 1. The Bertz CT molecular complexity index is 1790. The standard InChI is InChI=1S/C35H35F3N6O3/c1-34(2,3)47-33(46)40-22-24-11-9-15-28(19-24)44-29(20-30(41-44)35(36,37)38)32(45)43(27-13-6-5-7-14-27)31(42(4)26-16-17-26)25-12-8-10-23(18-25)21-39/h5-15,18-20,26,31H,16-17,22H2,1-4H3,(H,40,46). The first-order chi connectivity index (χ1) is 22.2. The lowest BCUT2D eigenvalue weighted by Crippen LogP contribution is -2.45. The van der Waals surface area contributed by atoms with Crippen LogP contribution in [0.3, 0.4) is 0 Å². The quantitative estimate of drug-likeness (QED) is 0.193. The molecule has 47 heavy (non-hydrogen) atoms. The Labute approximate surface area is 271 Å². The zero-order valence-electron chi connectivity index (χ0n) is 26.5. The van der Waals surface area contributed by atoms with Gasteiger partial charge in [-0.05, 0) is 88.2 Å². The number of carbonyl (C=O) groups excluding carboxylic acids is 2. The number of ether oxygens (including phenoxy) is 1. The van der Waals surface area contributed by atoms with Crippen LogP contribution in [0.1, 0.15) is 72.7 Å². The Kier molecular flexibility index (Phi) is 9.40.